The molecular formula is C8H4BrClF3NO2. The van der Waals surface area contributed by atoms with Gasteiger partial charge in [-0.25, -0.2) is 9.78 Å². The predicted molar refractivity (Wildman–Crippen MR) is 53.3 cm³/mol. The summed E-state index contributed by atoms with van der Waals surface area (Å²) in [6.45, 7) is 0. The number of halogens is 5. The molecule has 16 heavy (non-hydrogen) atoms. The van der Waals surface area contributed by atoms with E-state index < -0.39 is 23.0 Å². The number of hydrogen-bond donors (Lipinski definition) is 0. The molecule has 88 valence electrons. The number of nitrogens with zero attached hydrogens (tertiary/aromatic N) is 1. The molecule has 0 aromatic carbocycles. The van der Waals surface area contributed by atoms with Crippen LogP contribution in [0.15, 0.2) is 10.5 Å². The summed E-state index contributed by atoms with van der Waals surface area (Å²) in [4.78, 5) is 14.2. The van der Waals surface area contributed by atoms with Gasteiger partial charge in [-0.3, -0.25) is 0 Å². The third-order valence-electron chi connectivity index (χ3n) is 1.60. The van der Waals surface area contributed by atoms with Gasteiger partial charge in [0.15, 0.2) is 5.69 Å². The van der Waals surface area contributed by atoms with Crippen LogP contribution < -0.4 is 0 Å². The summed E-state index contributed by atoms with van der Waals surface area (Å²) < 4.78 is 41.1. The van der Waals surface area contributed by atoms with Gasteiger partial charge in [0.25, 0.3) is 0 Å². The second kappa shape index (κ2) is 4.58. The molecule has 0 amide bonds. The smallest absolute Gasteiger partial charge is 0.434 e. The third kappa shape index (κ3) is 2.65. The Labute approximate surface area is 102 Å². The fourth-order valence-electron chi connectivity index (χ4n) is 0.918. The summed E-state index contributed by atoms with van der Waals surface area (Å²) in [7, 11) is 1.09. The predicted octanol–water partition coefficient (Wildman–Crippen LogP) is 3.30. The second-order valence-electron chi connectivity index (χ2n) is 2.65. The molecule has 0 fully saturated rings. The van der Waals surface area contributed by atoms with Gasteiger partial charge in [0.05, 0.1) is 12.7 Å². The van der Waals surface area contributed by atoms with Crippen molar-refractivity contribution in [2.75, 3.05) is 7.11 Å². The van der Waals surface area contributed by atoms with Crippen molar-refractivity contribution in [2.45, 2.75) is 6.18 Å². The average molecular weight is 318 g/mol. The van der Waals surface area contributed by atoms with Gasteiger partial charge in [0.1, 0.15) is 5.15 Å². The van der Waals surface area contributed by atoms with Gasteiger partial charge < -0.3 is 4.74 Å². The lowest BCUT2D eigenvalue weighted by Gasteiger charge is -2.10. The maximum Gasteiger partial charge on any atom is 0.434 e. The number of ether oxygens (including phenoxy) is 1. The highest BCUT2D eigenvalue weighted by Gasteiger charge is 2.36. The largest absolute Gasteiger partial charge is 0.465 e. The number of rotatable bonds is 1. The Bertz CT molecular complexity index is 436. The van der Waals surface area contributed by atoms with Gasteiger partial charge in [-0.1, -0.05) is 11.6 Å². The minimum atomic E-state index is -4.64. The maximum absolute atomic E-state index is 12.4. The fourth-order valence-corrected chi connectivity index (χ4v) is 1.68. The van der Waals surface area contributed by atoms with Gasteiger partial charge in [0, 0.05) is 4.47 Å². The lowest BCUT2D eigenvalue weighted by Crippen LogP contribution is -2.12. The van der Waals surface area contributed by atoms with Crippen LogP contribution in [0.3, 0.4) is 0 Å². The van der Waals surface area contributed by atoms with E-state index in [9.17, 15) is 18.0 Å². The Morgan fingerprint density at radius 1 is 1.56 bits per heavy atom. The number of hydrogen-bond acceptors (Lipinski definition) is 3. The zero-order chi connectivity index (χ0) is 12.5. The molecule has 0 atom stereocenters. The molecule has 0 aliphatic rings. The molecule has 1 aromatic rings. The first-order chi connectivity index (χ1) is 7.27. The third-order valence-corrected chi connectivity index (χ3v) is 2.50. The summed E-state index contributed by atoms with van der Waals surface area (Å²) in [5.41, 5.74) is -1.42. The van der Waals surface area contributed by atoms with Crippen LogP contribution in [0.2, 0.25) is 5.15 Å². The molecule has 1 rings (SSSR count). The molecule has 0 N–H and O–H groups in total. The average Bonchev–Trinajstić information content (AvgIpc) is 2.18. The van der Waals surface area contributed by atoms with Crippen LogP contribution in [0, 0.1) is 0 Å². The van der Waals surface area contributed by atoms with Crippen molar-refractivity contribution in [3.8, 4) is 0 Å². The van der Waals surface area contributed by atoms with Crippen molar-refractivity contribution in [3.05, 3.63) is 26.9 Å². The van der Waals surface area contributed by atoms with Gasteiger partial charge in [-0.2, -0.15) is 13.2 Å². The molecular weight excluding hydrogens is 314 g/mol. The number of aromatic nitrogens is 1. The van der Waals surface area contributed by atoms with Gasteiger partial charge in [-0.05, 0) is 22.0 Å². The van der Waals surface area contributed by atoms with Crippen LogP contribution in [0.5, 0.6) is 0 Å². The Morgan fingerprint density at radius 2 is 2.12 bits per heavy atom. The molecule has 8 heteroatoms. The van der Waals surface area contributed by atoms with E-state index in [1.807, 2.05) is 0 Å². The Kier molecular flexibility index (Phi) is 3.80. The Morgan fingerprint density at radius 3 is 2.56 bits per heavy atom. The zero-order valence-electron chi connectivity index (χ0n) is 7.73. The maximum atomic E-state index is 12.4. The summed E-state index contributed by atoms with van der Waals surface area (Å²) in [5, 5.41) is -0.553. The van der Waals surface area contributed by atoms with E-state index in [1.165, 1.54) is 0 Å². The van der Waals surface area contributed by atoms with Crippen molar-refractivity contribution in [1.82, 2.24) is 4.98 Å². The van der Waals surface area contributed by atoms with Crippen LogP contribution in [0.1, 0.15) is 16.1 Å². The van der Waals surface area contributed by atoms with E-state index in [0.717, 1.165) is 13.2 Å². The molecule has 0 bridgehead atoms. The first-order valence-electron chi connectivity index (χ1n) is 3.79. The summed E-state index contributed by atoms with van der Waals surface area (Å²) >= 11 is 8.11. The number of pyridine rings is 1. The topological polar surface area (TPSA) is 39.2 Å². The molecule has 0 unspecified atom stereocenters. The normalized spacial score (nSPS) is 11.4. The van der Waals surface area contributed by atoms with Crippen LogP contribution in [-0.2, 0) is 10.9 Å². The first-order valence-corrected chi connectivity index (χ1v) is 4.96. The van der Waals surface area contributed by atoms with E-state index in [4.69, 9.17) is 11.6 Å². The molecule has 0 aliphatic carbocycles. The van der Waals surface area contributed by atoms with Crippen molar-refractivity contribution in [2.24, 2.45) is 0 Å². The van der Waals surface area contributed by atoms with E-state index in [1.54, 1.807) is 0 Å². The minimum absolute atomic E-state index is 0.232. The van der Waals surface area contributed by atoms with E-state index >= 15 is 0 Å². The number of carbonyl (C=O) groups excluding carboxylic acids is 1. The highest BCUT2D eigenvalue weighted by atomic mass is 79.9. The summed E-state index contributed by atoms with van der Waals surface area (Å²) in [6.07, 6.45) is -4.64. The van der Waals surface area contributed by atoms with Crippen molar-refractivity contribution < 1.29 is 22.7 Å². The second-order valence-corrected chi connectivity index (χ2v) is 3.86. The molecule has 1 heterocycles. The van der Waals surface area contributed by atoms with Gasteiger partial charge >= 0.3 is 12.1 Å². The van der Waals surface area contributed by atoms with Crippen LogP contribution >= 0.6 is 27.5 Å². The highest BCUT2D eigenvalue weighted by Crippen LogP contribution is 2.35. The Balaban J connectivity index is 3.33. The molecule has 3 nitrogen and oxygen atoms in total. The van der Waals surface area contributed by atoms with Crippen molar-refractivity contribution in [1.29, 1.82) is 0 Å². The Hall–Kier alpha value is -0.820. The van der Waals surface area contributed by atoms with Crippen LogP contribution in [0.4, 0.5) is 13.2 Å². The van der Waals surface area contributed by atoms with Crippen LogP contribution in [-0.4, -0.2) is 18.1 Å². The standard InChI is InChI=1S/C8H4BrClF3NO2/c1-16-7(15)3-2-4(9)5(8(11,12)13)14-6(3)10/h2H,1H3. The molecule has 0 spiro atoms. The fraction of sp³-hybridized carbons (Fsp3) is 0.250. The monoisotopic (exact) mass is 317 g/mol. The molecule has 0 radical (unpaired) electrons. The van der Waals surface area contributed by atoms with Crippen LogP contribution in [0.25, 0.3) is 0 Å². The van der Waals surface area contributed by atoms with E-state index in [-0.39, 0.29) is 10.0 Å². The van der Waals surface area contributed by atoms with E-state index in [2.05, 4.69) is 25.7 Å². The zero-order valence-corrected chi connectivity index (χ0v) is 10.1. The number of esters is 1. The number of methoxy groups -OCH3 is 1. The molecule has 0 aliphatic heterocycles. The SMILES string of the molecule is COC(=O)c1cc(Br)c(C(F)(F)F)nc1Cl. The lowest BCUT2D eigenvalue weighted by molar-refractivity contribution is -0.141. The molecule has 0 saturated heterocycles. The summed E-state index contributed by atoms with van der Waals surface area (Å²) in [6, 6.07) is 0.921. The molecule has 1 aromatic heterocycles. The quantitative estimate of drug-likeness (QED) is 0.589. The van der Waals surface area contributed by atoms with Crippen molar-refractivity contribution >= 4 is 33.5 Å². The number of alkyl halides is 3. The lowest BCUT2D eigenvalue weighted by atomic mass is 10.2. The summed E-state index contributed by atoms with van der Waals surface area (Å²) in [5.74, 6) is -0.855. The first kappa shape index (κ1) is 13.2. The van der Waals surface area contributed by atoms with Gasteiger partial charge in [-0.15, -0.1) is 0 Å². The molecule has 0 saturated carbocycles. The highest BCUT2D eigenvalue weighted by molar-refractivity contribution is 9.10. The van der Waals surface area contributed by atoms with Crippen molar-refractivity contribution in [3.63, 3.8) is 0 Å². The van der Waals surface area contributed by atoms with Gasteiger partial charge in [0.2, 0.25) is 0 Å². The number of carbonyl (C=O) groups is 1. The van der Waals surface area contributed by atoms with E-state index in [0.29, 0.717) is 0 Å². The minimum Gasteiger partial charge on any atom is -0.465 e.